The number of fused-ring (bicyclic) bond motifs is 1. The summed E-state index contributed by atoms with van der Waals surface area (Å²) in [5.74, 6) is -0.334. The third-order valence-corrected chi connectivity index (χ3v) is 4.48. The predicted octanol–water partition coefficient (Wildman–Crippen LogP) is 2.23. The molecule has 0 atom stereocenters. The Morgan fingerprint density at radius 2 is 1.95 bits per heavy atom. The first-order valence-corrected chi connectivity index (χ1v) is 7.81. The number of benzene rings is 1. The van der Waals surface area contributed by atoms with Gasteiger partial charge in [-0.3, -0.25) is 0 Å². The Morgan fingerprint density at radius 3 is 2.58 bits per heavy atom. The minimum atomic E-state index is -4.15. The molecule has 0 aromatic heterocycles. The molecule has 0 radical (unpaired) electrons. The van der Waals surface area contributed by atoms with Crippen LogP contribution in [0.4, 0.5) is 5.69 Å². The van der Waals surface area contributed by atoms with E-state index < -0.39 is 10.1 Å². The predicted molar refractivity (Wildman–Crippen MR) is 75.1 cm³/mol. The maximum Gasteiger partial charge on any atom is 0.0946 e. The van der Waals surface area contributed by atoms with E-state index in [1.807, 2.05) is 23.1 Å². The van der Waals surface area contributed by atoms with Crippen molar-refractivity contribution in [2.45, 2.75) is 25.7 Å². The molecule has 1 heterocycles. The quantitative estimate of drug-likeness (QED) is 0.794. The second-order valence-electron chi connectivity index (χ2n) is 5.36. The van der Waals surface area contributed by atoms with Gasteiger partial charge in [0.25, 0.3) is 0 Å². The Bertz CT molecular complexity index is 605. The molecule has 0 amide bonds. The minimum Gasteiger partial charge on any atom is -0.748 e. The number of allylic oxidation sites excluding steroid dienone is 1. The smallest absolute Gasteiger partial charge is 0.0946 e. The molecule has 0 unspecified atom stereocenters. The number of anilines is 1. The van der Waals surface area contributed by atoms with Gasteiger partial charge in [-0.2, -0.15) is 0 Å². The van der Waals surface area contributed by atoms with Crippen molar-refractivity contribution in [3.8, 4) is 0 Å². The van der Waals surface area contributed by atoms with Gasteiger partial charge in [0.1, 0.15) is 0 Å². The molecule has 0 N–H and O–H groups in total. The highest BCUT2D eigenvalue weighted by Gasteiger charge is 2.38. The number of para-hydroxylation sites is 1. The summed E-state index contributed by atoms with van der Waals surface area (Å²) >= 11 is 0. The van der Waals surface area contributed by atoms with Gasteiger partial charge < -0.3 is 9.45 Å². The molecule has 2 rings (SSSR count). The lowest BCUT2D eigenvalue weighted by Gasteiger charge is -2.26. The van der Waals surface area contributed by atoms with Crippen LogP contribution in [0.25, 0.3) is 0 Å². The molecule has 0 saturated heterocycles. The van der Waals surface area contributed by atoms with Crippen molar-refractivity contribution >= 4 is 15.8 Å². The third-order valence-electron chi connectivity index (χ3n) is 3.69. The van der Waals surface area contributed by atoms with E-state index in [1.165, 1.54) is 5.56 Å². The van der Waals surface area contributed by atoms with Crippen LogP contribution >= 0.6 is 0 Å². The zero-order valence-corrected chi connectivity index (χ0v) is 12.0. The van der Waals surface area contributed by atoms with Crippen LogP contribution in [0.5, 0.6) is 0 Å². The van der Waals surface area contributed by atoms with E-state index >= 15 is 0 Å². The molecule has 1 aromatic carbocycles. The van der Waals surface area contributed by atoms with Crippen molar-refractivity contribution in [1.82, 2.24) is 0 Å². The summed E-state index contributed by atoms with van der Waals surface area (Å²) in [4.78, 5) is 2.01. The molecule has 0 fully saturated rings. The SMILES string of the molecule is C=C1N(CCCS(=O)(=O)[O-])c2ccccc2C1(C)C. The molecule has 5 heteroatoms. The summed E-state index contributed by atoms with van der Waals surface area (Å²) in [6, 6.07) is 8.00. The number of hydrogen-bond acceptors (Lipinski definition) is 4. The Balaban J connectivity index is 2.21. The van der Waals surface area contributed by atoms with Gasteiger partial charge in [0, 0.05) is 29.1 Å². The molecule has 19 heavy (non-hydrogen) atoms. The minimum absolute atomic E-state index is 0.160. The monoisotopic (exact) mass is 280 g/mol. The number of hydrogen-bond donors (Lipinski definition) is 0. The van der Waals surface area contributed by atoms with Crippen LogP contribution in [0.3, 0.4) is 0 Å². The van der Waals surface area contributed by atoms with Gasteiger partial charge in [-0.05, 0) is 18.1 Å². The molecule has 1 aliphatic heterocycles. The Hall–Kier alpha value is -1.33. The van der Waals surface area contributed by atoms with Crippen LogP contribution in [0.1, 0.15) is 25.8 Å². The normalized spacial score (nSPS) is 17.6. The molecule has 0 aliphatic carbocycles. The zero-order chi connectivity index (χ0) is 14.3. The van der Waals surface area contributed by atoms with Crippen LogP contribution in [0.15, 0.2) is 36.5 Å². The lowest BCUT2D eigenvalue weighted by Crippen LogP contribution is -2.27. The summed E-state index contributed by atoms with van der Waals surface area (Å²) in [5.41, 5.74) is 3.02. The molecule has 0 spiro atoms. The van der Waals surface area contributed by atoms with Gasteiger partial charge in [0.15, 0.2) is 0 Å². The van der Waals surface area contributed by atoms with Gasteiger partial charge >= 0.3 is 0 Å². The van der Waals surface area contributed by atoms with Gasteiger partial charge in [0.2, 0.25) is 0 Å². The van der Waals surface area contributed by atoms with E-state index in [9.17, 15) is 13.0 Å². The van der Waals surface area contributed by atoms with E-state index in [1.54, 1.807) is 0 Å². The highest BCUT2D eigenvalue weighted by Crippen LogP contribution is 2.46. The Kier molecular flexibility index (Phi) is 3.45. The Labute approximate surface area is 114 Å². The summed E-state index contributed by atoms with van der Waals surface area (Å²) < 4.78 is 32.0. The van der Waals surface area contributed by atoms with Crippen LogP contribution < -0.4 is 4.90 Å². The number of nitrogens with zero attached hydrogens (tertiary/aromatic N) is 1. The summed E-state index contributed by atoms with van der Waals surface area (Å²) in [6.45, 7) is 8.81. The molecule has 4 nitrogen and oxygen atoms in total. The summed E-state index contributed by atoms with van der Waals surface area (Å²) in [7, 11) is -4.15. The van der Waals surface area contributed by atoms with Crippen molar-refractivity contribution in [2.24, 2.45) is 0 Å². The summed E-state index contributed by atoms with van der Waals surface area (Å²) in [6.07, 6.45) is 0.315. The van der Waals surface area contributed by atoms with Crippen LogP contribution in [0.2, 0.25) is 0 Å². The first kappa shape index (κ1) is 14.1. The van der Waals surface area contributed by atoms with Crippen molar-refractivity contribution in [3.05, 3.63) is 42.1 Å². The van der Waals surface area contributed by atoms with Crippen molar-refractivity contribution in [2.75, 3.05) is 17.2 Å². The van der Waals surface area contributed by atoms with E-state index in [0.29, 0.717) is 13.0 Å². The van der Waals surface area contributed by atoms with Crippen LogP contribution in [-0.4, -0.2) is 25.3 Å². The second-order valence-corrected chi connectivity index (χ2v) is 6.88. The summed E-state index contributed by atoms with van der Waals surface area (Å²) in [5, 5.41) is 0. The average molecular weight is 280 g/mol. The fourth-order valence-corrected chi connectivity index (χ4v) is 3.01. The maximum absolute atomic E-state index is 10.7. The molecular weight excluding hydrogens is 262 g/mol. The van der Waals surface area contributed by atoms with Gasteiger partial charge in [0.05, 0.1) is 10.1 Å². The van der Waals surface area contributed by atoms with Gasteiger partial charge in [-0.1, -0.05) is 38.6 Å². The molecule has 1 aliphatic rings. The van der Waals surface area contributed by atoms with Gasteiger partial charge in [-0.15, -0.1) is 0 Å². The number of rotatable bonds is 4. The van der Waals surface area contributed by atoms with E-state index in [0.717, 1.165) is 11.4 Å². The van der Waals surface area contributed by atoms with Crippen molar-refractivity contribution < 1.29 is 13.0 Å². The van der Waals surface area contributed by atoms with E-state index in [-0.39, 0.29) is 11.2 Å². The Morgan fingerprint density at radius 1 is 1.32 bits per heavy atom. The van der Waals surface area contributed by atoms with Crippen LogP contribution in [0, 0.1) is 0 Å². The fourth-order valence-electron chi connectivity index (χ4n) is 2.53. The van der Waals surface area contributed by atoms with Gasteiger partial charge in [-0.25, -0.2) is 8.42 Å². The molecule has 1 aromatic rings. The topological polar surface area (TPSA) is 60.4 Å². The highest BCUT2D eigenvalue weighted by molar-refractivity contribution is 7.85. The zero-order valence-electron chi connectivity index (χ0n) is 11.2. The largest absolute Gasteiger partial charge is 0.748 e. The van der Waals surface area contributed by atoms with Crippen LogP contribution in [-0.2, 0) is 15.5 Å². The lowest BCUT2D eigenvalue weighted by molar-refractivity contribution is 0.461. The first-order chi connectivity index (χ1) is 8.73. The highest BCUT2D eigenvalue weighted by atomic mass is 32.2. The average Bonchev–Trinajstić information content (AvgIpc) is 2.50. The molecular formula is C14H18NO3S-. The first-order valence-electron chi connectivity index (χ1n) is 6.23. The van der Waals surface area contributed by atoms with Crippen molar-refractivity contribution in [1.29, 1.82) is 0 Å². The van der Waals surface area contributed by atoms with E-state index in [2.05, 4.69) is 26.5 Å². The third kappa shape index (κ3) is 2.67. The molecule has 0 bridgehead atoms. The van der Waals surface area contributed by atoms with E-state index in [4.69, 9.17) is 0 Å². The molecule has 104 valence electrons. The lowest BCUT2D eigenvalue weighted by atomic mass is 9.84. The molecule has 0 saturated carbocycles. The maximum atomic E-state index is 10.7. The second kappa shape index (κ2) is 4.65. The fraction of sp³-hybridized carbons (Fsp3) is 0.429. The standard InChI is InChI=1S/C14H19NO3S/c1-11-14(2,3)12-7-4-5-8-13(12)15(11)9-6-10-19(16,17)18/h4-5,7-8H,1,6,9-10H2,2-3H3,(H,16,17,18)/p-1. The van der Waals surface area contributed by atoms with Crippen molar-refractivity contribution in [3.63, 3.8) is 0 Å².